The standard InChI is InChI=1S/C82H56N2/c1-5-24-57(25-6-1)59-46-50-67(51-47-59)83(65-32-9-3-10-33-65)69-36-22-30-63(55-69)81-75-42-17-13-38-71(75)79(72-39-14-18-43-76(72)81)61-28-21-29-62(54-61)80-73-40-15-19-44-77(73)82(78-45-20-16-41-74(78)80)64-31-23-37-70(56-64)84(66-34-11-4-12-35-66)68-52-48-60(49-53-68)58-26-7-2-8-27-58/h1-56H. The van der Waals surface area contributed by atoms with Crippen LogP contribution in [0.5, 0.6) is 0 Å². The summed E-state index contributed by atoms with van der Waals surface area (Å²) < 4.78 is 0. The molecule has 2 nitrogen and oxygen atoms in total. The van der Waals surface area contributed by atoms with E-state index >= 15 is 0 Å². The molecule has 0 N–H and O–H groups in total. The summed E-state index contributed by atoms with van der Waals surface area (Å²) in [7, 11) is 0. The van der Waals surface area contributed by atoms with Gasteiger partial charge in [-0.05, 0) is 189 Å². The largest absolute Gasteiger partial charge is 0.310 e. The quantitative estimate of drug-likeness (QED) is 0.113. The topological polar surface area (TPSA) is 6.48 Å². The molecule has 0 atom stereocenters. The highest BCUT2D eigenvalue weighted by Crippen LogP contribution is 2.49. The van der Waals surface area contributed by atoms with Crippen LogP contribution >= 0.6 is 0 Å². The van der Waals surface area contributed by atoms with Gasteiger partial charge in [0.15, 0.2) is 0 Å². The molecule has 0 saturated carbocycles. The summed E-state index contributed by atoms with van der Waals surface area (Å²) in [5.41, 5.74) is 20.9. The van der Waals surface area contributed by atoms with E-state index in [0.717, 1.165) is 45.3 Å². The third kappa shape index (κ3) is 9.13. The summed E-state index contributed by atoms with van der Waals surface area (Å²) in [6, 6.07) is 124. The molecule has 0 radical (unpaired) electrons. The van der Waals surface area contributed by atoms with Crippen molar-refractivity contribution in [3.05, 3.63) is 340 Å². The molecule has 0 spiro atoms. The predicted octanol–water partition coefficient (Wildman–Crippen LogP) is 23.2. The average Bonchev–Trinajstić information content (AvgIpc) is 3.46. The van der Waals surface area contributed by atoms with Crippen molar-refractivity contribution in [2.24, 2.45) is 0 Å². The second-order valence-electron chi connectivity index (χ2n) is 21.5. The zero-order chi connectivity index (χ0) is 55.8. The molecule has 0 aliphatic rings. The summed E-state index contributed by atoms with van der Waals surface area (Å²) in [6.45, 7) is 0. The summed E-state index contributed by atoms with van der Waals surface area (Å²) >= 11 is 0. The number of hydrogen-bond acceptors (Lipinski definition) is 2. The van der Waals surface area contributed by atoms with Crippen LogP contribution in [0.25, 0.3) is 110 Å². The third-order valence-electron chi connectivity index (χ3n) is 16.6. The number of rotatable bonds is 12. The third-order valence-corrected chi connectivity index (χ3v) is 16.6. The highest BCUT2D eigenvalue weighted by atomic mass is 15.1. The Morgan fingerprint density at radius 2 is 0.333 bits per heavy atom. The molecule has 0 heterocycles. The molecular weight excluding hydrogens is 1010 g/mol. The van der Waals surface area contributed by atoms with Crippen molar-refractivity contribution in [3.8, 4) is 66.8 Å². The van der Waals surface area contributed by atoms with Gasteiger partial charge >= 0.3 is 0 Å². The maximum Gasteiger partial charge on any atom is 0.0467 e. The van der Waals surface area contributed by atoms with E-state index in [1.165, 1.54) is 98.7 Å². The van der Waals surface area contributed by atoms with Crippen molar-refractivity contribution >= 4 is 77.2 Å². The van der Waals surface area contributed by atoms with E-state index in [2.05, 4.69) is 350 Å². The zero-order valence-electron chi connectivity index (χ0n) is 46.2. The van der Waals surface area contributed by atoms with Crippen molar-refractivity contribution < 1.29 is 0 Å². The Balaban J connectivity index is 0.849. The number of benzene rings is 15. The van der Waals surface area contributed by atoms with Crippen LogP contribution in [0.4, 0.5) is 34.1 Å². The van der Waals surface area contributed by atoms with Crippen LogP contribution in [-0.4, -0.2) is 0 Å². The summed E-state index contributed by atoms with van der Waals surface area (Å²) in [5.74, 6) is 0. The van der Waals surface area contributed by atoms with Crippen molar-refractivity contribution in [2.75, 3.05) is 9.80 Å². The van der Waals surface area contributed by atoms with Gasteiger partial charge in [-0.2, -0.15) is 0 Å². The second-order valence-corrected chi connectivity index (χ2v) is 21.5. The van der Waals surface area contributed by atoms with Gasteiger partial charge in [0, 0.05) is 34.1 Å². The molecule has 0 bridgehead atoms. The van der Waals surface area contributed by atoms with Gasteiger partial charge in [0.05, 0.1) is 0 Å². The van der Waals surface area contributed by atoms with Crippen molar-refractivity contribution in [3.63, 3.8) is 0 Å². The average molecular weight is 1070 g/mol. The fourth-order valence-corrected chi connectivity index (χ4v) is 12.8. The van der Waals surface area contributed by atoms with Crippen LogP contribution in [0.15, 0.2) is 340 Å². The second kappa shape index (κ2) is 21.8. The van der Waals surface area contributed by atoms with Crippen LogP contribution in [0.1, 0.15) is 0 Å². The molecule has 15 aromatic rings. The molecule has 0 saturated heterocycles. The monoisotopic (exact) mass is 1070 g/mol. The number of anilines is 6. The van der Waals surface area contributed by atoms with Crippen LogP contribution in [0.3, 0.4) is 0 Å². The maximum atomic E-state index is 2.44. The van der Waals surface area contributed by atoms with Gasteiger partial charge in [-0.15, -0.1) is 0 Å². The lowest BCUT2D eigenvalue weighted by atomic mass is 9.83. The molecule has 394 valence electrons. The van der Waals surface area contributed by atoms with Crippen molar-refractivity contribution in [1.82, 2.24) is 0 Å². The van der Waals surface area contributed by atoms with Gasteiger partial charge < -0.3 is 9.80 Å². The highest BCUT2D eigenvalue weighted by molar-refractivity contribution is 6.24. The maximum absolute atomic E-state index is 2.44. The van der Waals surface area contributed by atoms with E-state index in [9.17, 15) is 0 Å². The highest BCUT2D eigenvalue weighted by Gasteiger charge is 2.23. The number of fused-ring (bicyclic) bond motifs is 4. The molecule has 84 heavy (non-hydrogen) atoms. The minimum atomic E-state index is 1.09. The molecule has 0 amide bonds. The molecule has 0 aromatic heterocycles. The van der Waals surface area contributed by atoms with Gasteiger partial charge in [-0.1, -0.05) is 261 Å². The molecule has 15 rings (SSSR count). The van der Waals surface area contributed by atoms with Crippen LogP contribution in [-0.2, 0) is 0 Å². The van der Waals surface area contributed by atoms with Crippen LogP contribution < -0.4 is 9.80 Å². The summed E-state index contributed by atoms with van der Waals surface area (Å²) in [5, 5.41) is 9.71. The molecule has 0 aliphatic carbocycles. The van der Waals surface area contributed by atoms with E-state index in [-0.39, 0.29) is 0 Å². The molecule has 15 aromatic carbocycles. The Morgan fingerprint density at radius 3 is 0.631 bits per heavy atom. The van der Waals surface area contributed by atoms with E-state index < -0.39 is 0 Å². The molecule has 2 heteroatoms. The first-order chi connectivity index (χ1) is 41.7. The minimum absolute atomic E-state index is 1.09. The Bertz CT molecular complexity index is 4440. The van der Waals surface area contributed by atoms with Crippen molar-refractivity contribution in [2.45, 2.75) is 0 Å². The minimum Gasteiger partial charge on any atom is -0.310 e. The molecule has 0 fully saturated rings. The number of para-hydroxylation sites is 2. The Labute approximate surface area is 490 Å². The summed E-state index contributed by atoms with van der Waals surface area (Å²) in [4.78, 5) is 4.73. The normalized spacial score (nSPS) is 11.3. The lowest BCUT2D eigenvalue weighted by molar-refractivity contribution is 1.28. The lowest BCUT2D eigenvalue weighted by Gasteiger charge is -2.26. The van der Waals surface area contributed by atoms with Gasteiger partial charge in [0.1, 0.15) is 0 Å². The fourth-order valence-electron chi connectivity index (χ4n) is 12.8. The van der Waals surface area contributed by atoms with Gasteiger partial charge in [0.2, 0.25) is 0 Å². The smallest absolute Gasteiger partial charge is 0.0467 e. The fraction of sp³-hybridized carbons (Fsp3) is 0. The number of nitrogens with zero attached hydrogens (tertiary/aromatic N) is 2. The first-order valence-corrected chi connectivity index (χ1v) is 28.9. The first-order valence-electron chi connectivity index (χ1n) is 28.9. The van der Waals surface area contributed by atoms with Crippen LogP contribution in [0, 0.1) is 0 Å². The Kier molecular flexibility index (Phi) is 12.9. The van der Waals surface area contributed by atoms with E-state index in [1.807, 2.05) is 0 Å². The Hall–Kier alpha value is -11.1. The van der Waals surface area contributed by atoms with E-state index in [0.29, 0.717) is 0 Å². The van der Waals surface area contributed by atoms with E-state index in [4.69, 9.17) is 0 Å². The van der Waals surface area contributed by atoms with Crippen molar-refractivity contribution in [1.29, 1.82) is 0 Å². The van der Waals surface area contributed by atoms with Gasteiger partial charge in [-0.3, -0.25) is 0 Å². The zero-order valence-corrected chi connectivity index (χ0v) is 46.2. The predicted molar refractivity (Wildman–Crippen MR) is 358 cm³/mol. The molecule has 0 unspecified atom stereocenters. The lowest BCUT2D eigenvalue weighted by Crippen LogP contribution is -2.09. The van der Waals surface area contributed by atoms with Gasteiger partial charge in [-0.25, -0.2) is 0 Å². The molecule has 0 aliphatic heterocycles. The Morgan fingerprint density at radius 1 is 0.131 bits per heavy atom. The van der Waals surface area contributed by atoms with E-state index in [1.54, 1.807) is 0 Å². The SMILES string of the molecule is c1ccc(-c2ccc(N(c3ccccc3)c3cccc(-c4c5ccccc5c(-c5cccc(-c6c7ccccc7c(-c7cccc(N(c8ccccc8)c8ccc(-c9ccccc9)cc8)c7)c7ccccc67)c5)c5ccccc45)c3)cc2)cc1. The van der Waals surface area contributed by atoms with Crippen LogP contribution in [0.2, 0.25) is 0 Å². The summed E-state index contributed by atoms with van der Waals surface area (Å²) in [6.07, 6.45) is 0. The van der Waals surface area contributed by atoms with Gasteiger partial charge in [0.25, 0.3) is 0 Å². The molecular formula is C82H56N2. The first kappa shape index (κ1) is 49.9. The number of hydrogen-bond donors (Lipinski definition) is 0.